The van der Waals surface area contributed by atoms with Gasteiger partial charge in [0, 0.05) is 18.7 Å². The SMILES string of the molecule is N#CCCCCNc1cc(Cl)c(F)c(Cl)c1. The largest absolute Gasteiger partial charge is 0.385 e. The molecule has 2 nitrogen and oxygen atoms in total. The number of benzene rings is 1. The molecule has 0 bridgehead atoms. The molecule has 0 saturated heterocycles. The maximum absolute atomic E-state index is 13.1. The second-order valence-corrected chi connectivity index (χ2v) is 4.11. The van der Waals surface area contributed by atoms with Gasteiger partial charge in [-0.15, -0.1) is 0 Å². The molecule has 0 saturated carbocycles. The molecule has 1 aromatic rings. The fraction of sp³-hybridized carbons (Fsp3) is 0.364. The van der Waals surface area contributed by atoms with Crippen LogP contribution in [-0.2, 0) is 0 Å². The average Bonchev–Trinajstić information content (AvgIpc) is 2.25. The van der Waals surface area contributed by atoms with Gasteiger partial charge in [0.1, 0.15) is 0 Å². The van der Waals surface area contributed by atoms with E-state index in [0.717, 1.165) is 12.8 Å². The Morgan fingerprint density at radius 2 is 1.88 bits per heavy atom. The number of anilines is 1. The molecule has 0 aliphatic carbocycles. The van der Waals surface area contributed by atoms with Gasteiger partial charge in [0.25, 0.3) is 0 Å². The van der Waals surface area contributed by atoms with E-state index in [9.17, 15) is 4.39 Å². The zero-order valence-corrected chi connectivity index (χ0v) is 10.1. The Hall–Kier alpha value is -0.980. The first-order valence-corrected chi connectivity index (χ1v) is 5.66. The number of hydrogen-bond acceptors (Lipinski definition) is 2. The third-order valence-electron chi connectivity index (χ3n) is 2.03. The molecule has 1 aromatic carbocycles. The Bertz CT molecular complexity index is 378. The average molecular weight is 261 g/mol. The monoisotopic (exact) mass is 260 g/mol. The van der Waals surface area contributed by atoms with Gasteiger partial charge in [-0.25, -0.2) is 4.39 Å². The molecule has 0 spiro atoms. The van der Waals surface area contributed by atoms with Crippen LogP contribution in [0.2, 0.25) is 10.0 Å². The van der Waals surface area contributed by atoms with Crippen LogP contribution in [0.3, 0.4) is 0 Å². The van der Waals surface area contributed by atoms with E-state index in [1.54, 1.807) is 0 Å². The van der Waals surface area contributed by atoms with Gasteiger partial charge < -0.3 is 5.32 Å². The van der Waals surface area contributed by atoms with Crippen molar-refractivity contribution in [3.8, 4) is 6.07 Å². The lowest BCUT2D eigenvalue weighted by molar-refractivity contribution is 0.629. The van der Waals surface area contributed by atoms with Crippen molar-refractivity contribution in [2.75, 3.05) is 11.9 Å². The quantitative estimate of drug-likeness (QED) is 0.635. The molecule has 0 aliphatic heterocycles. The Labute approximate surface area is 104 Å². The summed E-state index contributed by atoms with van der Waals surface area (Å²) in [6.45, 7) is 0.708. The summed E-state index contributed by atoms with van der Waals surface area (Å²) in [4.78, 5) is 0. The highest BCUT2D eigenvalue weighted by Gasteiger charge is 2.06. The molecule has 0 heterocycles. The lowest BCUT2D eigenvalue weighted by Crippen LogP contribution is -2.01. The molecule has 16 heavy (non-hydrogen) atoms. The van der Waals surface area contributed by atoms with Gasteiger partial charge in [0.15, 0.2) is 5.82 Å². The van der Waals surface area contributed by atoms with E-state index in [-0.39, 0.29) is 10.0 Å². The molecular formula is C11H11Cl2FN2. The summed E-state index contributed by atoms with van der Waals surface area (Å²) in [5.41, 5.74) is 0.688. The second kappa shape index (κ2) is 6.57. The van der Waals surface area contributed by atoms with E-state index in [0.29, 0.717) is 18.7 Å². The Kier molecular flexibility index (Phi) is 5.37. The number of rotatable bonds is 5. The molecule has 0 fully saturated rings. The molecule has 1 N–H and O–H groups in total. The molecule has 0 unspecified atom stereocenters. The minimum absolute atomic E-state index is 0.00650. The van der Waals surface area contributed by atoms with E-state index in [4.69, 9.17) is 28.5 Å². The van der Waals surface area contributed by atoms with Crippen LogP contribution in [0.25, 0.3) is 0 Å². The van der Waals surface area contributed by atoms with Crippen LogP contribution in [0.15, 0.2) is 12.1 Å². The predicted octanol–water partition coefficient (Wildman–Crippen LogP) is 4.24. The van der Waals surface area contributed by atoms with Gasteiger partial charge in [-0.3, -0.25) is 0 Å². The summed E-state index contributed by atoms with van der Waals surface area (Å²) in [7, 11) is 0. The molecule has 0 amide bonds. The van der Waals surface area contributed by atoms with Crippen LogP contribution in [0.1, 0.15) is 19.3 Å². The Morgan fingerprint density at radius 1 is 1.25 bits per heavy atom. The number of nitrogens with one attached hydrogen (secondary N) is 1. The van der Waals surface area contributed by atoms with Gasteiger partial charge in [0.2, 0.25) is 0 Å². The van der Waals surface area contributed by atoms with Crippen LogP contribution in [0.5, 0.6) is 0 Å². The Balaban J connectivity index is 2.46. The summed E-state index contributed by atoms with van der Waals surface area (Å²) in [5, 5.41) is 11.4. The topological polar surface area (TPSA) is 35.8 Å². The van der Waals surface area contributed by atoms with E-state index in [1.165, 1.54) is 12.1 Å². The summed E-state index contributed by atoms with van der Waals surface area (Å²) < 4.78 is 13.1. The first-order valence-electron chi connectivity index (χ1n) is 4.90. The van der Waals surface area contributed by atoms with Gasteiger partial charge in [0.05, 0.1) is 16.1 Å². The molecule has 0 radical (unpaired) electrons. The maximum Gasteiger partial charge on any atom is 0.160 e. The van der Waals surface area contributed by atoms with Crippen molar-refractivity contribution >= 4 is 28.9 Å². The maximum atomic E-state index is 13.1. The van der Waals surface area contributed by atoms with E-state index >= 15 is 0 Å². The highest BCUT2D eigenvalue weighted by atomic mass is 35.5. The van der Waals surface area contributed by atoms with Gasteiger partial charge >= 0.3 is 0 Å². The van der Waals surface area contributed by atoms with Gasteiger partial charge in [-0.2, -0.15) is 5.26 Å². The summed E-state index contributed by atoms with van der Waals surface area (Å²) in [5.74, 6) is -0.599. The lowest BCUT2D eigenvalue weighted by Gasteiger charge is -2.07. The molecule has 0 aliphatic rings. The number of unbranched alkanes of at least 4 members (excludes halogenated alkanes) is 2. The van der Waals surface area contributed by atoms with Crippen molar-refractivity contribution in [1.82, 2.24) is 0 Å². The van der Waals surface area contributed by atoms with Crippen LogP contribution < -0.4 is 5.32 Å². The van der Waals surface area contributed by atoms with E-state index in [2.05, 4.69) is 11.4 Å². The third-order valence-corrected chi connectivity index (χ3v) is 2.58. The molecule has 1 rings (SSSR count). The number of hydrogen-bond donors (Lipinski definition) is 1. The summed E-state index contributed by atoms with van der Waals surface area (Å²) >= 11 is 11.3. The Morgan fingerprint density at radius 3 is 2.44 bits per heavy atom. The fourth-order valence-electron chi connectivity index (χ4n) is 1.22. The summed E-state index contributed by atoms with van der Waals surface area (Å²) in [6.07, 6.45) is 2.26. The van der Waals surface area contributed by atoms with Crippen LogP contribution in [0, 0.1) is 17.1 Å². The van der Waals surface area contributed by atoms with E-state index < -0.39 is 5.82 Å². The third kappa shape index (κ3) is 3.88. The van der Waals surface area contributed by atoms with Crippen LogP contribution in [-0.4, -0.2) is 6.54 Å². The highest BCUT2D eigenvalue weighted by Crippen LogP contribution is 2.27. The number of nitriles is 1. The highest BCUT2D eigenvalue weighted by molar-refractivity contribution is 6.35. The zero-order valence-electron chi connectivity index (χ0n) is 8.56. The number of nitrogens with zero attached hydrogens (tertiary/aromatic N) is 1. The molecule has 0 atom stereocenters. The van der Waals surface area contributed by atoms with Crippen LogP contribution >= 0.6 is 23.2 Å². The van der Waals surface area contributed by atoms with Gasteiger partial charge in [-0.05, 0) is 25.0 Å². The van der Waals surface area contributed by atoms with Crippen molar-refractivity contribution in [2.45, 2.75) is 19.3 Å². The van der Waals surface area contributed by atoms with Crippen molar-refractivity contribution in [2.24, 2.45) is 0 Å². The second-order valence-electron chi connectivity index (χ2n) is 3.30. The fourth-order valence-corrected chi connectivity index (χ4v) is 1.71. The van der Waals surface area contributed by atoms with Crippen molar-refractivity contribution in [3.05, 3.63) is 28.0 Å². The first-order chi connectivity index (χ1) is 7.65. The van der Waals surface area contributed by atoms with Crippen molar-refractivity contribution < 1.29 is 4.39 Å². The van der Waals surface area contributed by atoms with Crippen LogP contribution in [0.4, 0.5) is 10.1 Å². The normalized spacial score (nSPS) is 9.88. The predicted molar refractivity (Wildman–Crippen MR) is 64.4 cm³/mol. The lowest BCUT2D eigenvalue weighted by atomic mass is 10.2. The number of halogens is 3. The van der Waals surface area contributed by atoms with Gasteiger partial charge in [-0.1, -0.05) is 23.2 Å². The van der Waals surface area contributed by atoms with Crippen molar-refractivity contribution in [1.29, 1.82) is 5.26 Å². The minimum Gasteiger partial charge on any atom is -0.385 e. The molecule has 0 aromatic heterocycles. The molecule has 5 heteroatoms. The first kappa shape index (κ1) is 13.1. The molecule has 86 valence electrons. The smallest absolute Gasteiger partial charge is 0.160 e. The summed E-state index contributed by atoms with van der Waals surface area (Å²) in [6, 6.07) is 5.06. The zero-order chi connectivity index (χ0) is 12.0. The minimum atomic E-state index is -0.599. The van der Waals surface area contributed by atoms with Crippen molar-refractivity contribution in [3.63, 3.8) is 0 Å². The standard InChI is InChI=1S/C11H11Cl2FN2/c12-9-6-8(7-10(13)11(9)14)16-5-3-1-2-4-15/h6-7,16H,1-3,5H2. The van der Waals surface area contributed by atoms with E-state index in [1.807, 2.05) is 0 Å². The molecular weight excluding hydrogens is 250 g/mol.